The molecule has 0 heterocycles. The summed E-state index contributed by atoms with van der Waals surface area (Å²) in [6.07, 6.45) is 1.21. The third-order valence-corrected chi connectivity index (χ3v) is 4.64. The molecule has 0 fully saturated rings. The van der Waals surface area contributed by atoms with E-state index < -0.39 is 5.97 Å². The van der Waals surface area contributed by atoms with Gasteiger partial charge in [-0.1, -0.05) is 36.4 Å². The van der Waals surface area contributed by atoms with E-state index in [2.05, 4.69) is 0 Å². The van der Waals surface area contributed by atoms with Gasteiger partial charge in [0.05, 0.1) is 5.97 Å². The van der Waals surface area contributed by atoms with Crippen LogP contribution >= 0.6 is 0 Å². The number of hydrogen-bond donors (Lipinski definition) is 0. The third-order valence-electron chi connectivity index (χ3n) is 4.64. The van der Waals surface area contributed by atoms with Crippen LogP contribution < -0.4 is 9.84 Å². The number of amides is 1. The Labute approximate surface area is 166 Å². The second-order valence-electron chi connectivity index (χ2n) is 6.51. The molecule has 0 aliphatic carbocycles. The van der Waals surface area contributed by atoms with Gasteiger partial charge in [0.15, 0.2) is 0 Å². The SMILES string of the molecule is CCN(CC)C(=O)/C=C(\C)c1ccc(OC(C)c2ccccc2)c(C(=O)[O-])c1. The van der Waals surface area contributed by atoms with Gasteiger partial charge in [-0.05, 0) is 56.5 Å². The number of rotatable bonds is 8. The Hall–Kier alpha value is -3.08. The van der Waals surface area contributed by atoms with Gasteiger partial charge in [-0.15, -0.1) is 0 Å². The zero-order chi connectivity index (χ0) is 20.7. The second-order valence-corrected chi connectivity index (χ2v) is 6.51. The molecular formula is C23H26NO4-. The highest BCUT2D eigenvalue weighted by atomic mass is 16.5. The predicted molar refractivity (Wildman–Crippen MR) is 108 cm³/mol. The van der Waals surface area contributed by atoms with Crippen molar-refractivity contribution in [3.63, 3.8) is 0 Å². The minimum Gasteiger partial charge on any atom is -0.545 e. The number of carbonyl (C=O) groups is 2. The molecule has 148 valence electrons. The van der Waals surface area contributed by atoms with E-state index in [9.17, 15) is 14.7 Å². The lowest BCUT2D eigenvalue weighted by Crippen LogP contribution is -2.28. The normalized spacial score (nSPS) is 12.4. The maximum Gasteiger partial charge on any atom is 0.246 e. The Morgan fingerprint density at radius 1 is 1.11 bits per heavy atom. The first kappa shape index (κ1) is 21.2. The molecule has 0 aromatic heterocycles. The number of nitrogens with zero attached hydrogens (tertiary/aromatic N) is 1. The standard InChI is InChI=1S/C23H27NO4/c1-5-24(6-2)22(25)14-16(3)19-12-13-21(20(15-19)23(26)27)28-17(4)18-10-8-7-9-11-18/h7-15,17H,5-6H2,1-4H3,(H,26,27)/p-1/b16-14+. The van der Waals surface area contributed by atoms with Crippen LogP contribution in [-0.2, 0) is 4.79 Å². The summed E-state index contributed by atoms with van der Waals surface area (Å²) < 4.78 is 5.87. The van der Waals surface area contributed by atoms with Gasteiger partial charge in [-0.3, -0.25) is 4.79 Å². The molecule has 0 spiro atoms. The molecule has 2 aromatic carbocycles. The van der Waals surface area contributed by atoms with Crippen molar-refractivity contribution in [3.8, 4) is 5.75 Å². The molecule has 5 nitrogen and oxygen atoms in total. The molecule has 0 saturated heterocycles. The average molecular weight is 380 g/mol. The number of carbonyl (C=O) groups excluding carboxylic acids is 2. The second kappa shape index (κ2) is 9.74. The van der Waals surface area contributed by atoms with Gasteiger partial charge in [-0.25, -0.2) is 0 Å². The van der Waals surface area contributed by atoms with Crippen LogP contribution in [0, 0.1) is 0 Å². The number of likely N-dealkylation sites (N-methyl/N-ethyl adjacent to an activating group) is 1. The molecule has 0 N–H and O–H groups in total. The van der Waals surface area contributed by atoms with Gasteiger partial charge in [0.25, 0.3) is 0 Å². The topological polar surface area (TPSA) is 69.7 Å². The van der Waals surface area contributed by atoms with Crippen LogP contribution in [0.4, 0.5) is 0 Å². The highest BCUT2D eigenvalue weighted by Gasteiger charge is 2.13. The first-order valence-corrected chi connectivity index (χ1v) is 9.41. The zero-order valence-electron chi connectivity index (χ0n) is 16.8. The smallest absolute Gasteiger partial charge is 0.246 e. The fourth-order valence-corrected chi connectivity index (χ4v) is 2.92. The van der Waals surface area contributed by atoms with E-state index in [4.69, 9.17) is 4.74 Å². The average Bonchev–Trinajstić information content (AvgIpc) is 2.69. The van der Waals surface area contributed by atoms with Crippen molar-refractivity contribution in [3.05, 3.63) is 71.3 Å². The molecule has 1 amide bonds. The molecule has 5 heteroatoms. The van der Waals surface area contributed by atoms with Crippen LogP contribution in [0.15, 0.2) is 54.6 Å². The number of benzene rings is 2. The Morgan fingerprint density at radius 2 is 1.75 bits per heavy atom. The molecular weight excluding hydrogens is 354 g/mol. The molecule has 28 heavy (non-hydrogen) atoms. The quantitative estimate of drug-likeness (QED) is 0.658. The van der Waals surface area contributed by atoms with Crippen LogP contribution in [0.25, 0.3) is 5.57 Å². The van der Waals surface area contributed by atoms with Crippen LogP contribution in [0.5, 0.6) is 5.75 Å². The number of hydrogen-bond acceptors (Lipinski definition) is 4. The van der Waals surface area contributed by atoms with Crippen molar-refractivity contribution in [2.24, 2.45) is 0 Å². The van der Waals surface area contributed by atoms with Gasteiger partial charge < -0.3 is 19.5 Å². The number of carboxylic acid groups (broad SMARTS) is 1. The molecule has 0 aliphatic heterocycles. The summed E-state index contributed by atoms with van der Waals surface area (Å²) in [7, 11) is 0. The van der Waals surface area contributed by atoms with Crippen LogP contribution in [0.2, 0.25) is 0 Å². The number of allylic oxidation sites excluding steroid dienone is 1. The highest BCUT2D eigenvalue weighted by Crippen LogP contribution is 2.28. The fourth-order valence-electron chi connectivity index (χ4n) is 2.92. The number of ether oxygens (including phenoxy) is 1. The first-order valence-electron chi connectivity index (χ1n) is 9.41. The molecule has 2 rings (SSSR count). The van der Waals surface area contributed by atoms with Crippen molar-refractivity contribution in [1.29, 1.82) is 0 Å². The Bertz CT molecular complexity index is 854. The summed E-state index contributed by atoms with van der Waals surface area (Å²) in [5.74, 6) is -1.18. The summed E-state index contributed by atoms with van der Waals surface area (Å²) in [6.45, 7) is 8.71. The Balaban J connectivity index is 2.29. The van der Waals surface area contributed by atoms with Crippen molar-refractivity contribution >= 4 is 17.4 Å². The van der Waals surface area contributed by atoms with Gasteiger partial charge in [0.1, 0.15) is 11.9 Å². The van der Waals surface area contributed by atoms with E-state index in [0.29, 0.717) is 24.2 Å². The lowest BCUT2D eigenvalue weighted by atomic mass is 10.0. The van der Waals surface area contributed by atoms with E-state index in [1.54, 1.807) is 24.0 Å². The van der Waals surface area contributed by atoms with E-state index in [-0.39, 0.29) is 23.3 Å². The Kier molecular flexibility index (Phi) is 7.38. The molecule has 0 saturated carbocycles. The molecule has 0 bridgehead atoms. The number of aromatic carboxylic acids is 1. The monoisotopic (exact) mass is 380 g/mol. The maximum atomic E-state index is 12.3. The van der Waals surface area contributed by atoms with E-state index >= 15 is 0 Å². The van der Waals surface area contributed by atoms with Crippen LogP contribution in [0.3, 0.4) is 0 Å². The van der Waals surface area contributed by atoms with Crippen molar-refractivity contribution < 1.29 is 19.4 Å². The lowest BCUT2D eigenvalue weighted by Gasteiger charge is -2.20. The van der Waals surface area contributed by atoms with E-state index in [1.807, 2.05) is 51.1 Å². The van der Waals surface area contributed by atoms with Gasteiger partial charge in [0.2, 0.25) is 5.91 Å². The predicted octanol–water partition coefficient (Wildman–Crippen LogP) is 3.46. The van der Waals surface area contributed by atoms with Crippen molar-refractivity contribution in [1.82, 2.24) is 4.90 Å². The van der Waals surface area contributed by atoms with Crippen LogP contribution in [0.1, 0.15) is 55.3 Å². The summed E-state index contributed by atoms with van der Waals surface area (Å²) in [5.41, 5.74) is 2.22. The summed E-state index contributed by atoms with van der Waals surface area (Å²) >= 11 is 0. The van der Waals surface area contributed by atoms with Gasteiger partial charge in [0, 0.05) is 24.7 Å². The lowest BCUT2D eigenvalue weighted by molar-refractivity contribution is -0.255. The molecule has 1 atom stereocenters. The summed E-state index contributed by atoms with van der Waals surface area (Å²) in [5, 5.41) is 11.7. The van der Waals surface area contributed by atoms with Crippen molar-refractivity contribution in [2.75, 3.05) is 13.1 Å². The number of carboxylic acids is 1. The van der Waals surface area contributed by atoms with Crippen molar-refractivity contribution in [2.45, 2.75) is 33.8 Å². The third kappa shape index (κ3) is 5.22. The fraction of sp³-hybridized carbons (Fsp3) is 0.304. The maximum absolute atomic E-state index is 12.3. The molecule has 0 aliphatic rings. The molecule has 0 radical (unpaired) electrons. The summed E-state index contributed by atoms with van der Waals surface area (Å²) in [4.78, 5) is 25.6. The minimum absolute atomic E-state index is 0.0386. The van der Waals surface area contributed by atoms with Gasteiger partial charge >= 0.3 is 0 Å². The largest absolute Gasteiger partial charge is 0.545 e. The van der Waals surface area contributed by atoms with E-state index in [1.165, 1.54) is 12.1 Å². The zero-order valence-corrected chi connectivity index (χ0v) is 16.8. The van der Waals surface area contributed by atoms with Gasteiger partial charge in [-0.2, -0.15) is 0 Å². The minimum atomic E-state index is -1.32. The Morgan fingerprint density at radius 3 is 2.32 bits per heavy atom. The summed E-state index contributed by atoms with van der Waals surface area (Å²) in [6, 6.07) is 14.4. The van der Waals surface area contributed by atoms with Crippen LogP contribution in [-0.4, -0.2) is 29.9 Å². The molecule has 1 unspecified atom stereocenters. The first-order chi connectivity index (χ1) is 13.4. The highest BCUT2D eigenvalue weighted by molar-refractivity contribution is 5.96. The van der Waals surface area contributed by atoms with E-state index in [0.717, 1.165) is 5.56 Å². The molecule has 2 aromatic rings.